The van der Waals surface area contributed by atoms with Crippen LogP contribution in [0.1, 0.15) is 12.0 Å². The smallest absolute Gasteiger partial charge is 0.271 e. The summed E-state index contributed by atoms with van der Waals surface area (Å²) in [7, 11) is -3.54. The Kier molecular flexibility index (Phi) is 7.45. The number of rotatable bonds is 5. The van der Waals surface area contributed by atoms with Gasteiger partial charge in [-0.3, -0.25) is 9.52 Å². The Morgan fingerprint density at radius 3 is 2.62 bits per heavy atom. The first kappa shape index (κ1) is 20.7. The summed E-state index contributed by atoms with van der Waals surface area (Å²) in [5.41, 5.74) is 1.37. The summed E-state index contributed by atoms with van der Waals surface area (Å²) in [4.78, 5) is 14.3. The van der Waals surface area contributed by atoms with Crippen LogP contribution < -0.4 is 10.0 Å². The van der Waals surface area contributed by atoms with Crippen LogP contribution in [0.15, 0.2) is 46.0 Å². The molecular formula is C17H22ClN3O3S2. The van der Waals surface area contributed by atoms with Gasteiger partial charge >= 0.3 is 0 Å². The minimum atomic E-state index is -3.54. The summed E-state index contributed by atoms with van der Waals surface area (Å²) in [5, 5.41) is 5.00. The average molecular weight is 416 g/mol. The zero-order chi connectivity index (χ0) is 17.7. The zero-order valence-electron chi connectivity index (χ0n) is 14.2. The van der Waals surface area contributed by atoms with E-state index >= 15 is 0 Å². The molecule has 0 unspecified atom stereocenters. The lowest BCUT2D eigenvalue weighted by Gasteiger charge is -2.20. The number of sulfonamides is 1. The predicted molar refractivity (Wildman–Crippen MR) is 107 cm³/mol. The van der Waals surface area contributed by atoms with Gasteiger partial charge in [-0.2, -0.15) is 0 Å². The monoisotopic (exact) mass is 415 g/mol. The number of nitrogens with one attached hydrogen (secondary N) is 2. The third-order valence-electron chi connectivity index (χ3n) is 4.01. The summed E-state index contributed by atoms with van der Waals surface area (Å²) in [6.45, 7) is 3.29. The molecule has 1 amide bonds. The summed E-state index contributed by atoms with van der Waals surface area (Å²) >= 11 is 1.17. The Bertz CT molecular complexity index is 800. The predicted octanol–water partition coefficient (Wildman–Crippen LogP) is 2.34. The van der Waals surface area contributed by atoms with Crippen LogP contribution in [0.5, 0.6) is 0 Å². The summed E-state index contributed by atoms with van der Waals surface area (Å²) in [6, 6.07) is 10.2. The number of hydrogen-bond acceptors (Lipinski definition) is 5. The molecule has 2 heterocycles. The molecule has 0 atom stereocenters. The molecule has 1 saturated heterocycles. The van der Waals surface area contributed by atoms with E-state index in [1.54, 1.807) is 41.8 Å². The largest absolute Gasteiger partial charge is 0.341 e. The number of halogens is 1. The maximum atomic E-state index is 12.4. The van der Waals surface area contributed by atoms with Crippen molar-refractivity contribution >= 4 is 45.4 Å². The van der Waals surface area contributed by atoms with Crippen LogP contribution in [0.25, 0.3) is 0 Å². The van der Waals surface area contributed by atoms with Gasteiger partial charge in [0, 0.05) is 25.3 Å². The first-order chi connectivity index (χ1) is 12.0. The molecule has 1 aliphatic rings. The van der Waals surface area contributed by atoms with Crippen molar-refractivity contribution in [3.05, 3.63) is 47.3 Å². The standard InChI is InChI=1S/C17H21N3O3S2.ClH/c21-16(20-10-2-8-18-9-11-20)13-14-4-6-15(7-5-14)19-25(22,23)17-3-1-12-24-17;/h1,3-7,12,18-19H,2,8-11,13H2;1H. The van der Waals surface area contributed by atoms with Gasteiger partial charge in [0.05, 0.1) is 6.42 Å². The summed E-state index contributed by atoms with van der Waals surface area (Å²) < 4.78 is 27.2. The van der Waals surface area contributed by atoms with E-state index in [9.17, 15) is 13.2 Å². The average Bonchev–Trinajstić information content (AvgIpc) is 3.00. The quantitative estimate of drug-likeness (QED) is 0.785. The van der Waals surface area contributed by atoms with E-state index in [1.807, 2.05) is 4.90 Å². The van der Waals surface area contributed by atoms with E-state index < -0.39 is 10.0 Å². The molecule has 1 aliphatic heterocycles. The Morgan fingerprint density at radius 2 is 1.92 bits per heavy atom. The number of anilines is 1. The van der Waals surface area contributed by atoms with Crippen molar-refractivity contribution in [2.75, 3.05) is 30.9 Å². The first-order valence-electron chi connectivity index (χ1n) is 8.18. The molecule has 1 aromatic carbocycles. The van der Waals surface area contributed by atoms with E-state index in [0.717, 1.165) is 38.2 Å². The summed E-state index contributed by atoms with van der Waals surface area (Å²) in [5.74, 6) is 0.107. The lowest BCUT2D eigenvalue weighted by molar-refractivity contribution is -0.130. The molecule has 0 saturated carbocycles. The van der Waals surface area contributed by atoms with Crippen molar-refractivity contribution < 1.29 is 13.2 Å². The second-order valence-electron chi connectivity index (χ2n) is 5.90. The van der Waals surface area contributed by atoms with Gasteiger partial charge in [0.2, 0.25) is 5.91 Å². The summed E-state index contributed by atoms with van der Waals surface area (Å²) in [6.07, 6.45) is 1.30. The van der Waals surface area contributed by atoms with Crippen molar-refractivity contribution in [2.45, 2.75) is 17.1 Å². The molecule has 26 heavy (non-hydrogen) atoms. The van der Waals surface area contributed by atoms with Crippen molar-refractivity contribution in [2.24, 2.45) is 0 Å². The van der Waals surface area contributed by atoms with E-state index in [0.29, 0.717) is 12.1 Å². The maximum absolute atomic E-state index is 12.4. The van der Waals surface area contributed by atoms with E-state index in [-0.39, 0.29) is 22.5 Å². The van der Waals surface area contributed by atoms with Crippen LogP contribution >= 0.6 is 23.7 Å². The molecule has 3 rings (SSSR count). The van der Waals surface area contributed by atoms with Gasteiger partial charge in [-0.25, -0.2) is 8.42 Å². The Hall–Kier alpha value is -1.61. The van der Waals surface area contributed by atoms with E-state index in [1.165, 1.54) is 11.3 Å². The maximum Gasteiger partial charge on any atom is 0.271 e. The van der Waals surface area contributed by atoms with Crippen molar-refractivity contribution in [1.82, 2.24) is 10.2 Å². The number of carbonyl (C=O) groups excluding carboxylic acids is 1. The third kappa shape index (κ3) is 5.44. The zero-order valence-corrected chi connectivity index (χ0v) is 16.6. The lowest BCUT2D eigenvalue weighted by Crippen LogP contribution is -2.35. The number of thiophene rings is 1. The number of amides is 1. The highest BCUT2D eigenvalue weighted by Gasteiger charge is 2.17. The highest BCUT2D eigenvalue weighted by atomic mass is 35.5. The Morgan fingerprint density at radius 1 is 1.15 bits per heavy atom. The highest BCUT2D eigenvalue weighted by molar-refractivity contribution is 7.94. The fourth-order valence-electron chi connectivity index (χ4n) is 2.69. The molecule has 0 aliphatic carbocycles. The second-order valence-corrected chi connectivity index (χ2v) is 8.75. The fourth-order valence-corrected chi connectivity index (χ4v) is 4.75. The molecule has 2 aromatic rings. The fraction of sp³-hybridized carbons (Fsp3) is 0.353. The Labute approximate surface area is 164 Å². The van der Waals surface area contributed by atoms with Crippen molar-refractivity contribution in [3.8, 4) is 0 Å². The molecule has 0 bridgehead atoms. The molecule has 2 N–H and O–H groups in total. The van der Waals surface area contributed by atoms with Crippen LogP contribution in [0.4, 0.5) is 5.69 Å². The number of hydrogen-bond donors (Lipinski definition) is 2. The van der Waals surface area contributed by atoms with Crippen LogP contribution in [-0.2, 0) is 21.2 Å². The molecule has 1 fully saturated rings. The van der Waals surface area contributed by atoms with Crippen LogP contribution in [0.2, 0.25) is 0 Å². The van der Waals surface area contributed by atoms with Gasteiger partial charge in [-0.1, -0.05) is 18.2 Å². The third-order valence-corrected chi connectivity index (χ3v) is 6.79. The first-order valence-corrected chi connectivity index (χ1v) is 10.5. The molecule has 9 heteroatoms. The van der Waals surface area contributed by atoms with Gasteiger partial charge < -0.3 is 10.2 Å². The van der Waals surface area contributed by atoms with Gasteiger partial charge in [-0.05, 0) is 42.1 Å². The van der Waals surface area contributed by atoms with Crippen LogP contribution in [0, 0.1) is 0 Å². The van der Waals surface area contributed by atoms with Crippen LogP contribution in [-0.4, -0.2) is 45.4 Å². The van der Waals surface area contributed by atoms with Crippen LogP contribution in [0.3, 0.4) is 0 Å². The number of nitrogens with zero attached hydrogens (tertiary/aromatic N) is 1. The van der Waals surface area contributed by atoms with Crippen molar-refractivity contribution in [1.29, 1.82) is 0 Å². The molecule has 0 radical (unpaired) electrons. The number of carbonyl (C=O) groups is 1. The molecular weight excluding hydrogens is 394 g/mol. The topological polar surface area (TPSA) is 78.5 Å². The van der Waals surface area contributed by atoms with E-state index in [4.69, 9.17) is 0 Å². The molecule has 6 nitrogen and oxygen atoms in total. The molecule has 1 aromatic heterocycles. The van der Waals surface area contributed by atoms with Gasteiger partial charge in [0.15, 0.2) is 0 Å². The SMILES string of the molecule is Cl.O=C(Cc1ccc(NS(=O)(=O)c2cccs2)cc1)N1CCCNCC1. The Balaban J connectivity index is 0.00000243. The van der Waals surface area contributed by atoms with Gasteiger partial charge in [-0.15, -0.1) is 23.7 Å². The minimum absolute atomic E-state index is 0. The second kappa shape index (κ2) is 9.36. The lowest BCUT2D eigenvalue weighted by atomic mass is 10.1. The van der Waals surface area contributed by atoms with Crippen molar-refractivity contribution in [3.63, 3.8) is 0 Å². The number of benzene rings is 1. The molecule has 0 spiro atoms. The highest BCUT2D eigenvalue weighted by Crippen LogP contribution is 2.20. The van der Waals surface area contributed by atoms with E-state index in [2.05, 4.69) is 10.0 Å². The van der Waals surface area contributed by atoms with Gasteiger partial charge in [0.1, 0.15) is 4.21 Å². The molecule has 142 valence electrons. The van der Waals surface area contributed by atoms with Gasteiger partial charge in [0.25, 0.3) is 10.0 Å². The normalized spacial score (nSPS) is 15.0. The minimum Gasteiger partial charge on any atom is -0.341 e.